The summed E-state index contributed by atoms with van der Waals surface area (Å²) in [5.74, 6) is 0.688. The molecule has 1 heterocycles. The number of nitrogens with zero attached hydrogens (tertiary/aromatic N) is 1. The lowest BCUT2D eigenvalue weighted by molar-refractivity contribution is 1.10. The molecule has 1 aromatic heterocycles. The molecule has 1 rings (SSSR count). The average molecular weight is 171 g/mol. The van der Waals surface area contributed by atoms with Gasteiger partial charge in [-0.25, -0.2) is 0 Å². The number of nitrogens with two attached hydrogens (primary N) is 1. The third kappa shape index (κ3) is 4.77. The fourth-order valence-corrected chi connectivity index (χ4v) is 0.603. The monoisotopic (exact) mass is 171 g/mol. The van der Waals surface area contributed by atoms with E-state index in [1.54, 1.807) is 6.20 Å². The Kier molecular flexibility index (Phi) is 11.3. The predicted molar refractivity (Wildman–Crippen MR) is 55.1 cm³/mol. The van der Waals surface area contributed by atoms with Crippen LogP contribution >= 0.6 is 0 Å². The van der Waals surface area contributed by atoms with Gasteiger partial charge in [0.25, 0.3) is 0 Å². The van der Waals surface area contributed by atoms with E-state index in [2.05, 4.69) is 10.2 Å². The van der Waals surface area contributed by atoms with E-state index in [-0.39, 0.29) is 0 Å². The van der Waals surface area contributed by atoms with Crippen molar-refractivity contribution >= 4 is 5.82 Å². The molecule has 0 unspecified atom stereocenters. The van der Waals surface area contributed by atoms with E-state index in [1.807, 2.05) is 34.6 Å². The number of nitrogens with one attached hydrogen (secondary N) is 1. The van der Waals surface area contributed by atoms with Gasteiger partial charge in [0.15, 0.2) is 0 Å². The molecule has 0 saturated heterocycles. The number of anilines is 1. The summed E-state index contributed by atoms with van der Waals surface area (Å²) in [6.07, 6.45) is 2.69. The Bertz CT molecular complexity index is 170. The Morgan fingerprint density at radius 1 is 1.33 bits per heavy atom. The number of H-pyrrole nitrogens is 1. The molecule has 0 aliphatic carbocycles. The van der Waals surface area contributed by atoms with Crippen molar-refractivity contribution in [3.63, 3.8) is 0 Å². The second-order valence-electron chi connectivity index (χ2n) is 1.66. The van der Waals surface area contributed by atoms with Crippen molar-refractivity contribution in [2.45, 2.75) is 41.0 Å². The molecular formula is C9H21N3. The predicted octanol–water partition coefficient (Wildman–Crippen LogP) is 2.61. The SMILES string of the molecule is CC.CC.CCc1cn[nH]c1N. The number of aromatic amines is 1. The van der Waals surface area contributed by atoms with Gasteiger partial charge in [-0.15, -0.1) is 0 Å². The van der Waals surface area contributed by atoms with Gasteiger partial charge in [-0.3, -0.25) is 5.10 Å². The normalized spacial score (nSPS) is 7.42. The highest BCUT2D eigenvalue weighted by Crippen LogP contribution is 2.04. The summed E-state index contributed by atoms with van der Waals surface area (Å²) in [6.45, 7) is 10.0. The summed E-state index contributed by atoms with van der Waals surface area (Å²) in [4.78, 5) is 0. The van der Waals surface area contributed by atoms with Crippen molar-refractivity contribution in [2.75, 3.05) is 5.73 Å². The first-order chi connectivity index (χ1) is 5.84. The van der Waals surface area contributed by atoms with Gasteiger partial charge in [-0.2, -0.15) is 5.10 Å². The Balaban J connectivity index is 0. The van der Waals surface area contributed by atoms with Gasteiger partial charge in [-0.1, -0.05) is 34.6 Å². The standard InChI is InChI=1S/C5H9N3.2C2H6/c1-2-4-3-7-8-5(4)6;2*1-2/h3H,2H2,1H3,(H3,6,7,8);2*1-2H3. The summed E-state index contributed by atoms with van der Waals surface area (Å²) >= 11 is 0. The molecule has 0 radical (unpaired) electrons. The van der Waals surface area contributed by atoms with Crippen LogP contribution in [0.15, 0.2) is 6.20 Å². The first kappa shape index (κ1) is 13.6. The van der Waals surface area contributed by atoms with E-state index in [0.717, 1.165) is 12.0 Å². The third-order valence-electron chi connectivity index (χ3n) is 1.13. The summed E-state index contributed by atoms with van der Waals surface area (Å²) < 4.78 is 0. The van der Waals surface area contributed by atoms with Gasteiger partial charge in [-0.05, 0) is 6.42 Å². The minimum Gasteiger partial charge on any atom is -0.384 e. The number of hydrogen-bond acceptors (Lipinski definition) is 2. The largest absolute Gasteiger partial charge is 0.384 e. The average Bonchev–Trinajstić information content (AvgIpc) is 2.58. The molecule has 0 spiro atoms. The molecule has 0 aromatic carbocycles. The quantitative estimate of drug-likeness (QED) is 0.682. The first-order valence-corrected chi connectivity index (χ1v) is 4.62. The van der Waals surface area contributed by atoms with Crippen LogP contribution in [0.2, 0.25) is 0 Å². The van der Waals surface area contributed by atoms with Crippen LogP contribution < -0.4 is 5.73 Å². The van der Waals surface area contributed by atoms with Crippen molar-refractivity contribution in [3.05, 3.63) is 11.8 Å². The van der Waals surface area contributed by atoms with Crippen LogP contribution in [-0.2, 0) is 6.42 Å². The number of rotatable bonds is 1. The van der Waals surface area contributed by atoms with E-state index in [0.29, 0.717) is 5.82 Å². The lowest BCUT2D eigenvalue weighted by Crippen LogP contribution is -1.88. The van der Waals surface area contributed by atoms with Crippen molar-refractivity contribution in [3.8, 4) is 0 Å². The number of aryl methyl sites for hydroxylation is 1. The van der Waals surface area contributed by atoms with E-state index in [1.165, 1.54) is 0 Å². The van der Waals surface area contributed by atoms with Gasteiger partial charge in [0.05, 0.1) is 6.20 Å². The van der Waals surface area contributed by atoms with E-state index in [4.69, 9.17) is 5.73 Å². The summed E-state index contributed by atoms with van der Waals surface area (Å²) in [5.41, 5.74) is 6.52. The maximum absolute atomic E-state index is 5.43. The molecule has 0 amide bonds. The highest BCUT2D eigenvalue weighted by molar-refractivity contribution is 5.36. The fourth-order valence-electron chi connectivity index (χ4n) is 0.603. The molecule has 0 atom stereocenters. The Hall–Kier alpha value is -0.990. The maximum Gasteiger partial charge on any atom is 0.121 e. The van der Waals surface area contributed by atoms with Crippen molar-refractivity contribution in [1.82, 2.24) is 10.2 Å². The molecular weight excluding hydrogens is 150 g/mol. The van der Waals surface area contributed by atoms with Gasteiger partial charge in [0.2, 0.25) is 0 Å². The van der Waals surface area contributed by atoms with Crippen LogP contribution in [0.4, 0.5) is 5.82 Å². The summed E-state index contributed by atoms with van der Waals surface area (Å²) in [5, 5.41) is 6.39. The highest BCUT2D eigenvalue weighted by atomic mass is 15.1. The van der Waals surface area contributed by atoms with Crippen LogP contribution in [0.25, 0.3) is 0 Å². The number of nitrogen functional groups attached to an aromatic ring is 1. The van der Waals surface area contributed by atoms with Gasteiger partial charge in [0, 0.05) is 5.56 Å². The third-order valence-corrected chi connectivity index (χ3v) is 1.13. The van der Waals surface area contributed by atoms with Crippen LogP contribution in [0.5, 0.6) is 0 Å². The van der Waals surface area contributed by atoms with Crippen LogP contribution in [0.3, 0.4) is 0 Å². The zero-order valence-corrected chi connectivity index (χ0v) is 8.81. The van der Waals surface area contributed by atoms with E-state index in [9.17, 15) is 0 Å². The molecule has 0 aliphatic rings. The fraction of sp³-hybridized carbons (Fsp3) is 0.667. The molecule has 0 bridgehead atoms. The number of hydrogen-bond donors (Lipinski definition) is 2. The molecule has 3 heteroatoms. The molecule has 3 N–H and O–H groups in total. The van der Waals surface area contributed by atoms with E-state index >= 15 is 0 Å². The minimum atomic E-state index is 0.688. The first-order valence-electron chi connectivity index (χ1n) is 4.62. The van der Waals surface area contributed by atoms with Gasteiger partial charge < -0.3 is 5.73 Å². The van der Waals surface area contributed by atoms with Crippen molar-refractivity contribution in [2.24, 2.45) is 0 Å². The summed E-state index contributed by atoms with van der Waals surface area (Å²) in [7, 11) is 0. The Morgan fingerprint density at radius 2 is 1.83 bits per heavy atom. The van der Waals surface area contributed by atoms with Crippen LogP contribution in [0, 0.1) is 0 Å². The molecule has 1 aromatic rings. The summed E-state index contributed by atoms with van der Waals surface area (Å²) in [6, 6.07) is 0. The Labute approximate surface area is 75.4 Å². The molecule has 0 saturated carbocycles. The molecule has 0 aliphatic heterocycles. The zero-order valence-electron chi connectivity index (χ0n) is 8.81. The van der Waals surface area contributed by atoms with Gasteiger partial charge >= 0.3 is 0 Å². The molecule has 72 valence electrons. The molecule has 12 heavy (non-hydrogen) atoms. The smallest absolute Gasteiger partial charge is 0.121 e. The van der Waals surface area contributed by atoms with E-state index < -0.39 is 0 Å². The van der Waals surface area contributed by atoms with Crippen molar-refractivity contribution < 1.29 is 0 Å². The lowest BCUT2D eigenvalue weighted by atomic mass is 10.3. The maximum atomic E-state index is 5.43. The van der Waals surface area contributed by atoms with Crippen LogP contribution in [0.1, 0.15) is 40.2 Å². The second-order valence-corrected chi connectivity index (χ2v) is 1.66. The topological polar surface area (TPSA) is 54.7 Å². The van der Waals surface area contributed by atoms with Crippen LogP contribution in [-0.4, -0.2) is 10.2 Å². The van der Waals surface area contributed by atoms with Gasteiger partial charge in [0.1, 0.15) is 5.82 Å². The molecule has 3 nitrogen and oxygen atoms in total. The highest BCUT2D eigenvalue weighted by Gasteiger charge is 1.93. The Morgan fingerprint density at radius 3 is 2.00 bits per heavy atom. The second kappa shape index (κ2) is 10.0. The van der Waals surface area contributed by atoms with Crippen molar-refractivity contribution in [1.29, 1.82) is 0 Å². The minimum absolute atomic E-state index is 0.688. The molecule has 0 fully saturated rings. The lowest BCUT2D eigenvalue weighted by Gasteiger charge is -1.86. The zero-order chi connectivity index (χ0) is 9.98. The number of aromatic nitrogens is 2.